The standard InChI is InChI=1S/C12H19N3/c1-9(2)15-7-6-14-11-5-3-4-10(8-13)12(11)15/h3-5,9,14H,6-8,13H2,1-2H3. The van der Waals surface area contributed by atoms with Gasteiger partial charge in [0, 0.05) is 25.7 Å². The van der Waals surface area contributed by atoms with Crippen molar-refractivity contribution in [3.05, 3.63) is 23.8 Å². The molecular weight excluding hydrogens is 186 g/mol. The van der Waals surface area contributed by atoms with Crippen molar-refractivity contribution >= 4 is 11.4 Å². The van der Waals surface area contributed by atoms with Gasteiger partial charge in [0.2, 0.25) is 0 Å². The molecule has 3 heteroatoms. The second-order valence-electron chi connectivity index (χ2n) is 4.23. The van der Waals surface area contributed by atoms with E-state index in [2.05, 4.69) is 42.3 Å². The van der Waals surface area contributed by atoms with Gasteiger partial charge in [-0.15, -0.1) is 0 Å². The molecular formula is C12H19N3. The maximum atomic E-state index is 5.78. The Hall–Kier alpha value is -1.22. The minimum atomic E-state index is 0.526. The number of hydrogen-bond acceptors (Lipinski definition) is 3. The SMILES string of the molecule is CC(C)N1CCNc2cccc(CN)c21. The Morgan fingerprint density at radius 1 is 1.47 bits per heavy atom. The molecule has 0 unspecified atom stereocenters. The average Bonchev–Trinajstić information content (AvgIpc) is 2.27. The van der Waals surface area contributed by atoms with Crippen LogP contribution in [0.2, 0.25) is 0 Å². The predicted octanol–water partition coefficient (Wildman–Crippen LogP) is 1.79. The van der Waals surface area contributed by atoms with Crippen molar-refractivity contribution in [2.45, 2.75) is 26.4 Å². The fourth-order valence-electron chi connectivity index (χ4n) is 2.18. The summed E-state index contributed by atoms with van der Waals surface area (Å²) in [6.07, 6.45) is 0. The Labute approximate surface area is 91.3 Å². The minimum absolute atomic E-state index is 0.526. The van der Waals surface area contributed by atoms with Crippen LogP contribution in [0.15, 0.2) is 18.2 Å². The molecule has 1 heterocycles. The summed E-state index contributed by atoms with van der Waals surface area (Å²) in [6, 6.07) is 6.83. The fraction of sp³-hybridized carbons (Fsp3) is 0.500. The molecule has 82 valence electrons. The van der Waals surface area contributed by atoms with Crippen LogP contribution in [0.1, 0.15) is 19.4 Å². The first-order chi connectivity index (χ1) is 7.24. The van der Waals surface area contributed by atoms with Gasteiger partial charge in [0.25, 0.3) is 0 Å². The van der Waals surface area contributed by atoms with Crippen LogP contribution < -0.4 is 16.0 Å². The normalized spacial score (nSPS) is 15.1. The zero-order valence-electron chi connectivity index (χ0n) is 9.46. The molecule has 2 rings (SSSR count). The molecule has 0 bridgehead atoms. The molecule has 0 amide bonds. The van der Waals surface area contributed by atoms with E-state index < -0.39 is 0 Å². The molecule has 15 heavy (non-hydrogen) atoms. The monoisotopic (exact) mass is 205 g/mol. The summed E-state index contributed by atoms with van der Waals surface area (Å²) in [6.45, 7) is 7.12. The van der Waals surface area contributed by atoms with E-state index in [1.165, 1.54) is 16.9 Å². The number of nitrogens with zero attached hydrogens (tertiary/aromatic N) is 1. The van der Waals surface area contributed by atoms with Crippen molar-refractivity contribution in [2.75, 3.05) is 23.3 Å². The maximum Gasteiger partial charge on any atom is 0.0650 e. The van der Waals surface area contributed by atoms with Gasteiger partial charge in [0.05, 0.1) is 11.4 Å². The summed E-state index contributed by atoms with van der Waals surface area (Å²) in [5, 5.41) is 3.42. The largest absolute Gasteiger partial charge is 0.382 e. The zero-order valence-corrected chi connectivity index (χ0v) is 9.46. The van der Waals surface area contributed by atoms with Crippen molar-refractivity contribution in [3.63, 3.8) is 0 Å². The number of fused-ring (bicyclic) bond motifs is 1. The van der Waals surface area contributed by atoms with Gasteiger partial charge >= 0.3 is 0 Å². The van der Waals surface area contributed by atoms with E-state index in [0.29, 0.717) is 12.6 Å². The molecule has 0 atom stereocenters. The molecule has 0 aromatic heterocycles. The van der Waals surface area contributed by atoms with Crippen LogP contribution in [0, 0.1) is 0 Å². The van der Waals surface area contributed by atoms with E-state index in [4.69, 9.17) is 5.73 Å². The Kier molecular flexibility index (Phi) is 2.82. The highest BCUT2D eigenvalue weighted by molar-refractivity contribution is 5.76. The number of nitrogens with two attached hydrogens (primary N) is 1. The third-order valence-corrected chi connectivity index (χ3v) is 2.92. The molecule has 1 aliphatic rings. The Bertz CT molecular complexity index is 332. The first-order valence-corrected chi connectivity index (χ1v) is 5.56. The topological polar surface area (TPSA) is 41.3 Å². The lowest BCUT2D eigenvalue weighted by molar-refractivity contribution is 0.677. The summed E-state index contributed by atoms with van der Waals surface area (Å²) in [4.78, 5) is 2.42. The Morgan fingerprint density at radius 3 is 2.93 bits per heavy atom. The first-order valence-electron chi connectivity index (χ1n) is 5.56. The van der Waals surface area contributed by atoms with Crippen LogP contribution >= 0.6 is 0 Å². The van der Waals surface area contributed by atoms with Gasteiger partial charge in [-0.05, 0) is 25.5 Å². The van der Waals surface area contributed by atoms with Crippen LogP contribution in [0.25, 0.3) is 0 Å². The van der Waals surface area contributed by atoms with Crippen LogP contribution in [0.4, 0.5) is 11.4 Å². The van der Waals surface area contributed by atoms with Gasteiger partial charge in [-0.2, -0.15) is 0 Å². The molecule has 0 saturated heterocycles. The predicted molar refractivity (Wildman–Crippen MR) is 65.3 cm³/mol. The maximum absolute atomic E-state index is 5.78. The van der Waals surface area contributed by atoms with Gasteiger partial charge in [0.1, 0.15) is 0 Å². The van der Waals surface area contributed by atoms with Crippen molar-refractivity contribution in [1.82, 2.24) is 0 Å². The van der Waals surface area contributed by atoms with Gasteiger partial charge in [-0.25, -0.2) is 0 Å². The van der Waals surface area contributed by atoms with E-state index in [1.807, 2.05) is 0 Å². The Balaban J connectivity index is 2.47. The lowest BCUT2D eigenvalue weighted by atomic mass is 10.1. The van der Waals surface area contributed by atoms with Gasteiger partial charge in [-0.1, -0.05) is 12.1 Å². The molecule has 0 radical (unpaired) electrons. The highest BCUT2D eigenvalue weighted by Crippen LogP contribution is 2.33. The summed E-state index contributed by atoms with van der Waals surface area (Å²) >= 11 is 0. The van der Waals surface area contributed by atoms with E-state index in [-0.39, 0.29) is 0 Å². The lowest BCUT2D eigenvalue weighted by Crippen LogP contribution is -2.39. The summed E-state index contributed by atoms with van der Waals surface area (Å²) < 4.78 is 0. The van der Waals surface area contributed by atoms with E-state index >= 15 is 0 Å². The van der Waals surface area contributed by atoms with Crippen molar-refractivity contribution < 1.29 is 0 Å². The van der Waals surface area contributed by atoms with Gasteiger partial charge in [-0.3, -0.25) is 0 Å². The summed E-state index contributed by atoms with van der Waals surface area (Å²) in [5.41, 5.74) is 9.52. The number of rotatable bonds is 2. The molecule has 3 nitrogen and oxygen atoms in total. The second-order valence-corrected chi connectivity index (χ2v) is 4.23. The molecule has 0 fully saturated rings. The van der Waals surface area contributed by atoms with E-state index in [9.17, 15) is 0 Å². The van der Waals surface area contributed by atoms with Crippen LogP contribution in [0.3, 0.4) is 0 Å². The van der Waals surface area contributed by atoms with Crippen molar-refractivity contribution in [3.8, 4) is 0 Å². The number of nitrogens with one attached hydrogen (secondary N) is 1. The van der Waals surface area contributed by atoms with Crippen molar-refractivity contribution in [1.29, 1.82) is 0 Å². The van der Waals surface area contributed by atoms with E-state index in [0.717, 1.165) is 13.1 Å². The van der Waals surface area contributed by atoms with Crippen LogP contribution in [-0.2, 0) is 6.54 Å². The molecule has 3 N–H and O–H groups in total. The third-order valence-electron chi connectivity index (χ3n) is 2.92. The quantitative estimate of drug-likeness (QED) is 0.773. The summed E-state index contributed by atoms with van der Waals surface area (Å²) in [5.74, 6) is 0. The molecule has 1 aromatic rings. The van der Waals surface area contributed by atoms with Crippen LogP contribution in [0.5, 0.6) is 0 Å². The third kappa shape index (κ3) is 1.79. The van der Waals surface area contributed by atoms with E-state index in [1.54, 1.807) is 0 Å². The Morgan fingerprint density at radius 2 is 2.27 bits per heavy atom. The molecule has 0 spiro atoms. The minimum Gasteiger partial charge on any atom is -0.382 e. The fourth-order valence-corrected chi connectivity index (χ4v) is 2.18. The number of benzene rings is 1. The van der Waals surface area contributed by atoms with Gasteiger partial charge < -0.3 is 16.0 Å². The summed E-state index contributed by atoms with van der Waals surface area (Å²) in [7, 11) is 0. The van der Waals surface area contributed by atoms with Crippen molar-refractivity contribution in [2.24, 2.45) is 5.73 Å². The van der Waals surface area contributed by atoms with Gasteiger partial charge in [0.15, 0.2) is 0 Å². The molecule has 0 aliphatic carbocycles. The highest BCUT2D eigenvalue weighted by Gasteiger charge is 2.20. The second kappa shape index (κ2) is 4.11. The highest BCUT2D eigenvalue weighted by atomic mass is 15.2. The lowest BCUT2D eigenvalue weighted by Gasteiger charge is -2.36. The smallest absolute Gasteiger partial charge is 0.0650 e. The molecule has 1 aromatic carbocycles. The zero-order chi connectivity index (χ0) is 10.8. The number of hydrogen-bond donors (Lipinski definition) is 2. The molecule has 1 aliphatic heterocycles. The first kappa shape index (κ1) is 10.3. The number of anilines is 2. The average molecular weight is 205 g/mol. The number of para-hydroxylation sites is 1. The van der Waals surface area contributed by atoms with Crippen LogP contribution in [-0.4, -0.2) is 19.1 Å². The molecule has 0 saturated carbocycles.